The zero-order valence-electron chi connectivity index (χ0n) is 25.5. The highest BCUT2D eigenvalue weighted by atomic mass is 16.5. The maximum absolute atomic E-state index is 13.4. The Hall–Kier alpha value is -4.21. The average Bonchev–Trinajstić information content (AvgIpc) is 3.65. The summed E-state index contributed by atoms with van der Waals surface area (Å²) >= 11 is 0. The summed E-state index contributed by atoms with van der Waals surface area (Å²) in [6.45, 7) is 4.35. The smallest absolute Gasteiger partial charge is 0.321 e. The molecule has 44 heavy (non-hydrogen) atoms. The van der Waals surface area contributed by atoms with Gasteiger partial charge in [-0.2, -0.15) is 0 Å². The number of amides is 3. The lowest BCUT2D eigenvalue weighted by atomic mass is 9.95. The summed E-state index contributed by atoms with van der Waals surface area (Å²) < 4.78 is 7.63. The van der Waals surface area contributed by atoms with Gasteiger partial charge in [-0.25, -0.2) is 9.78 Å². The highest BCUT2D eigenvalue weighted by Gasteiger charge is 2.29. The Balaban J connectivity index is 1.05. The summed E-state index contributed by atoms with van der Waals surface area (Å²) in [6.07, 6.45) is 3.86. The predicted octanol–water partition coefficient (Wildman–Crippen LogP) is 4.94. The second kappa shape index (κ2) is 13.6. The van der Waals surface area contributed by atoms with Crippen molar-refractivity contribution in [2.75, 3.05) is 44.8 Å². The quantitative estimate of drug-likeness (QED) is 0.240. The van der Waals surface area contributed by atoms with Crippen LogP contribution in [0.15, 0.2) is 72.8 Å². The minimum Gasteiger partial charge on any atom is -0.385 e. The number of imidazole rings is 1. The van der Waals surface area contributed by atoms with Crippen molar-refractivity contribution in [3.63, 3.8) is 0 Å². The number of para-hydroxylation sites is 2. The summed E-state index contributed by atoms with van der Waals surface area (Å²) in [5.74, 6) is 1.39. The molecule has 230 valence electrons. The molecule has 2 atom stereocenters. The fourth-order valence-electron chi connectivity index (χ4n) is 6.54. The van der Waals surface area contributed by atoms with Gasteiger partial charge in [0.25, 0.3) is 0 Å². The molecule has 0 saturated carbocycles. The number of nitrogens with one attached hydrogen (secondary N) is 1. The van der Waals surface area contributed by atoms with Gasteiger partial charge in [0.1, 0.15) is 5.82 Å². The first-order valence-corrected chi connectivity index (χ1v) is 15.7. The number of aryl methyl sites for hydroxylation is 1. The van der Waals surface area contributed by atoms with Crippen LogP contribution in [-0.4, -0.2) is 72.3 Å². The molecule has 0 aliphatic carbocycles. The van der Waals surface area contributed by atoms with Crippen molar-refractivity contribution < 1.29 is 14.3 Å². The largest absolute Gasteiger partial charge is 0.385 e. The zero-order chi connectivity index (χ0) is 30.5. The third-order valence-electron chi connectivity index (χ3n) is 8.81. The van der Waals surface area contributed by atoms with E-state index in [2.05, 4.69) is 52.3 Å². The number of likely N-dealkylation sites (tertiary alicyclic amines) is 1. The van der Waals surface area contributed by atoms with Crippen molar-refractivity contribution in [3.05, 3.63) is 84.2 Å². The van der Waals surface area contributed by atoms with Crippen LogP contribution in [0.1, 0.15) is 43.0 Å². The molecule has 3 aromatic carbocycles. The first-order chi connectivity index (χ1) is 21.5. The van der Waals surface area contributed by atoms with E-state index in [0.717, 1.165) is 71.6 Å². The van der Waals surface area contributed by atoms with Crippen LogP contribution < -0.4 is 16.0 Å². The standard InChI is InChI=1S/C35H42N6O3/c1-44-21-5-19-41-32-8-3-2-7-31(32)38-34(41)28-6-4-18-39(24-28)33(42)23-29(36)22-25-9-11-26(12-10-25)27-13-15-30(16-14-27)40-20-17-37-35(40)43/h2-3,7-16,28-29H,4-6,17-24,36H2,1H3,(H,37,43). The molecule has 9 heteroatoms. The number of carbonyl (C=O) groups is 2. The van der Waals surface area contributed by atoms with Gasteiger partial charge in [-0.3, -0.25) is 9.69 Å². The van der Waals surface area contributed by atoms with Crippen molar-refractivity contribution >= 4 is 28.7 Å². The fourth-order valence-corrected chi connectivity index (χ4v) is 6.54. The number of hydrogen-bond acceptors (Lipinski definition) is 5. The van der Waals surface area contributed by atoms with Crippen LogP contribution in [0.2, 0.25) is 0 Å². The van der Waals surface area contributed by atoms with Crippen molar-refractivity contribution in [2.45, 2.75) is 50.6 Å². The number of aromatic nitrogens is 2. The van der Waals surface area contributed by atoms with Gasteiger partial charge in [0.2, 0.25) is 5.91 Å². The number of methoxy groups -OCH3 is 1. The molecule has 0 bridgehead atoms. The summed E-state index contributed by atoms with van der Waals surface area (Å²) in [5, 5.41) is 2.84. The van der Waals surface area contributed by atoms with Gasteiger partial charge in [-0.15, -0.1) is 0 Å². The molecule has 0 spiro atoms. The zero-order valence-corrected chi connectivity index (χ0v) is 25.5. The van der Waals surface area contributed by atoms with E-state index in [1.807, 2.05) is 35.2 Å². The van der Waals surface area contributed by atoms with E-state index in [1.165, 1.54) is 0 Å². The first-order valence-electron chi connectivity index (χ1n) is 15.7. The Morgan fingerprint density at radius 1 is 1.05 bits per heavy atom. The number of nitrogens with zero attached hydrogens (tertiary/aromatic N) is 4. The number of fused-ring (bicyclic) bond motifs is 1. The van der Waals surface area contributed by atoms with Crippen molar-refractivity contribution in [2.24, 2.45) is 5.73 Å². The SMILES string of the molecule is COCCCn1c(C2CCCN(C(=O)CC(N)Cc3ccc(-c4ccc(N5CCNC5=O)cc4)cc3)C2)nc2ccccc21. The number of ether oxygens (including phenoxy) is 1. The van der Waals surface area contributed by atoms with Crippen LogP contribution in [0.25, 0.3) is 22.2 Å². The molecule has 4 aromatic rings. The molecule has 2 unspecified atom stereocenters. The monoisotopic (exact) mass is 594 g/mol. The van der Waals surface area contributed by atoms with Gasteiger partial charge >= 0.3 is 6.03 Å². The van der Waals surface area contributed by atoms with E-state index >= 15 is 0 Å². The molecular weight excluding hydrogens is 552 g/mol. The first kappa shape index (κ1) is 29.8. The van der Waals surface area contributed by atoms with Crippen molar-refractivity contribution in [1.29, 1.82) is 0 Å². The van der Waals surface area contributed by atoms with Crippen molar-refractivity contribution in [3.8, 4) is 11.1 Å². The molecule has 3 N–H and O–H groups in total. The van der Waals surface area contributed by atoms with Gasteiger partial charge in [0, 0.05) is 70.5 Å². The number of rotatable bonds is 11. The molecule has 6 rings (SSSR count). The maximum atomic E-state index is 13.4. The lowest BCUT2D eigenvalue weighted by Crippen LogP contribution is -2.42. The number of anilines is 1. The van der Waals surface area contributed by atoms with Crippen molar-refractivity contribution in [1.82, 2.24) is 19.8 Å². The van der Waals surface area contributed by atoms with E-state index < -0.39 is 0 Å². The summed E-state index contributed by atoms with van der Waals surface area (Å²) in [5.41, 5.74) is 12.9. The third kappa shape index (κ3) is 6.64. The van der Waals surface area contributed by atoms with Crippen LogP contribution in [-0.2, 0) is 22.5 Å². The van der Waals surface area contributed by atoms with Gasteiger partial charge in [-0.1, -0.05) is 48.5 Å². The summed E-state index contributed by atoms with van der Waals surface area (Å²) in [6, 6.07) is 24.4. The highest BCUT2D eigenvalue weighted by molar-refractivity contribution is 5.94. The van der Waals surface area contributed by atoms with Crippen LogP contribution in [0.3, 0.4) is 0 Å². The number of benzene rings is 3. The lowest BCUT2D eigenvalue weighted by Gasteiger charge is -2.33. The molecule has 2 saturated heterocycles. The number of piperidine rings is 1. The van der Waals surface area contributed by atoms with Crippen LogP contribution >= 0.6 is 0 Å². The Bertz CT molecular complexity index is 1580. The maximum Gasteiger partial charge on any atom is 0.321 e. The Morgan fingerprint density at radius 2 is 1.80 bits per heavy atom. The molecule has 0 radical (unpaired) electrons. The Labute approximate surface area is 259 Å². The third-order valence-corrected chi connectivity index (χ3v) is 8.81. The van der Waals surface area contributed by atoms with Gasteiger partial charge in [-0.05, 0) is 66.6 Å². The molecule has 2 fully saturated rings. The van der Waals surface area contributed by atoms with Gasteiger partial charge in [0.05, 0.1) is 11.0 Å². The normalized spacial score (nSPS) is 17.7. The second-order valence-corrected chi connectivity index (χ2v) is 11.9. The predicted molar refractivity (Wildman–Crippen MR) is 174 cm³/mol. The van der Waals surface area contributed by atoms with E-state index in [0.29, 0.717) is 39.1 Å². The Morgan fingerprint density at radius 3 is 2.52 bits per heavy atom. The van der Waals surface area contributed by atoms with E-state index in [9.17, 15) is 9.59 Å². The fraction of sp³-hybridized carbons (Fsp3) is 0.400. The van der Waals surface area contributed by atoms with E-state index in [-0.39, 0.29) is 23.9 Å². The van der Waals surface area contributed by atoms with Crippen LogP contribution in [0.4, 0.5) is 10.5 Å². The van der Waals surface area contributed by atoms with E-state index in [1.54, 1.807) is 12.0 Å². The molecule has 1 aromatic heterocycles. The van der Waals surface area contributed by atoms with Gasteiger partial charge in [0.15, 0.2) is 0 Å². The molecule has 2 aliphatic heterocycles. The molecule has 2 aliphatic rings. The summed E-state index contributed by atoms with van der Waals surface area (Å²) in [4.78, 5) is 34.1. The second-order valence-electron chi connectivity index (χ2n) is 11.9. The number of urea groups is 1. The molecule has 3 amide bonds. The number of carbonyl (C=O) groups excluding carboxylic acids is 2. The lowest BCUT2D eigenvalue weighted by molar-refractivity contribution is -0.132. The van der Waals surface area contributed by atoms with Gasteiger partial charge < -0.3 is 25.3 Å². The molecule has 9 nitrogen and oxygen atoms in total. The van der Waals surface area contributed by atoms with E-state index in [4.69, 9.17) is 15.5 Å². The highest BCUT2D eigenvalue weighted by Crippen LogP contribution is 2.30. The Kier molecular flexibility index (Phi) is 9.23. The number of nitrogens with two attached hydrogens (primary N) is 1. The summed E-state index contributed by atoms with van der Waals surface area (Å²) in [7, 11) is 1.73. The average molecular weight is 595 g/mol. The minimum absolute atomic E-state index is 0.0495. The van der Waals surface area contributed by atoms with Crippen LogP contribution in [0, 0.1) is 0 Å². The topological polar surface area (TPSA) is 106 Å². The van der Waals surface area contributed by atoms with Crippen LogP contribution in [0.5, 0.6) is 0 Å². The number of hydrogen-bond donors (Lipinski definition) is 2. The molecular formula is C35H42N6O3. The minimum atomic E-state index is -0.252. The molecule has 3 heterocycles.